The fourth-order valence-electron chi connectivity index (χ4n) is 1.73. The quantitative estimate of drug-likeness (QED) is 0.699. The van der Waals surface area contributed by atoms with Gasteiger partial charge < -0.3 is 10.5 Å². The Hall–Kier alpha value is -1.44. The number of ether oxygens (including phenoxy) is 1. The maximum Gasteiger partial charge on any atom is 0.320 e. The summed E-state index contributed by atoms with van der Waals surface area (Å²) in [5.41, 5.74) is 6.36. The molecule has 0 aromatic heterocycles. The molecule has 0 fully saturated rings. The molecule has 0 amide bonds. The summed E-state index contributed by atoms with van der Waals surface area (Å²) in [6.07, 6.45) is 0. The minimum Gasteiger partial charge on any atom is -0.465 e. The summed E-state index contributed by atoms with van der Waals surface area (Å²) in [5, 5.41) is 0. The minimum absolute atomic E-state index is 0.0507. The fourth-order valence-corrected chi connectivity index (χ4v) is 3.07. The van der Waals surface area contributed by atoms with Crippen LogP contribution in [0.5, 0.6) is 0 Å². The van der Waals surface area contributed by atoms with E-state index in [1.807, 2.05) is 0 Å². The first kappa shape index (κ1) is 17.6. The van der Waals surface area contributed by atoms with Crippen molar-refractivity contribution >= 4 is 15.8 Å². The van der Waals surface area contributed by atoms with E-state index in [0.29, 0.717) is 13.2 Å². The summed E-state index contributed by atoms with van der Waals surface area (Å²) >= 11 is 0. The van der Waals surface area contributed by atoms with E-state index in [9.17, 15) is 13.2 Å². The van der Waals surface area contributed by atoms with Crippen molar-refractivity contribution in [2.75, 3.05) is 32.5 Å². The van der Waals surface area contributed by atoms with Gasteiger partial charge >= 0.3 is 5.97 Å². The molecule has 0 heterocycles. The first-order valence-corrected chi connectivity index (χ1v) is 8.40. The molecule has 0 aliphatic carbocycles. The predicted octanol–water partition coefficient (Wildman–Crippen LogP) is 0.414. The van der Waals surface area contributed by atoms with Gasteiger partial charge in [-0.3, -0.25) is 9.69 Å². The van der Waals surface area contributed by atoms with Gasteiger partial charge in [0.2, 0.25) is 0 Å². The van der Waals surface area contributed by atoms with Crippen molar-refractivity contribution < 1.29 is 17.9 Å². The largest absolute Gasteiger partial charge is 0.465 e. The average molecular weight is 314 g/mol. The molecular formula is C14H22N2O4S. The summed E-state index contributed by atoms with van der Waals surface area (Å²) in [4.78, 5) is 13.2. The highest BCUT2D eigenvalue weighted by atomic mass is 32.2. The van der Waals surface area contributed by atoms with E-state index in [2.05, 4.69) is 0 Å². The monoisotopic (exact) mass is 314 g/mol. The van der Waals surface area contributed by atoms with Crippen LogP contribution in [0.1, 0.15) is 12.5 Å². The highest BCUT2D eigenvalue weighted by molar-refractivity contribution is 7.91. The molecule has 0 atom stereocenters. The number of sulfone groups is 1. The number of carbonyl (C=O) groups is 1. The van der Waals surface area contributed by atoms with Crippen molar-refractivity contribution in [3.8, 4) is 0 Å². The highest BCUT2D eigenvalue weighted by Gasteiger charge is 2.16. The number of nitrogens with zero attached hydrogens (tertiary/aromatic N) is 1. The molecule has 6 nitrogen and oxygen atoms in total. The standard InChI is InChI=1S/C14H22N2O4S/c1-3-20-14(17)11-16(2)8-9-21(18,19)13-6-4-12(10-15)5-7-13/h4-7H,3,8-11,15H2,1-2H3. The first-order valence-electron chi connectivity index (χ1n) is 6.75. The van der Waals surface area contributed by atoms with E-state index < -0.39 is 9.84 Å². The number of hydrogen-bond acceptors (Lipinski definition) is 6. The van der Waals surface area contributed by atoms with Gasteiger partial charge in [0.1, 0.15) is 0 Å². The maximum absolute atomic E-state index is 12.2. The van der Waals surface area contributed by atoms with Crippen LogP contribution in [-0.4, -0.2) is 51.8 Å². The average Bonchev–Trinajstić information content (AvgIpc) is 2.45. The molecule has 21 heavy (non-hydrogen) atoms. The van der Waals surface area contributed by atoms with Crippen molar-refractivity contribution in [2.45, 2.75) is 18.4 Å². The van der Waals surface area contributed by atoms with Crippen LogP contribution in [0.25, 0.3) is 0 Å². The molecule has 7 heteroatoms. The number of likely N-dealkylation sites (N-methyl/N-ethyl adjacent to an activating group) is 1. The lowest BCUT2D eigenvalue weighted by atomic mass is 10.2. The lowest BCUT2D eigenvalue weighted by Gasteiger charge is -2.15. The fraction of sp³-hybridized carbons (Fsp3) is 0.500. The lowest BCUT2D eigenvalue weighted by Crippen LogP contribution is -2.31. The number of carbonyl (C=O) groups excluding carboxylic acids is 1. The topological polar surface area (TPSA) is 89.7 Å². The molecule has 1 rings (SSSR count). The first-order chi connectivity index (χ1) is 9.89. The Kier molecular flexibility index (Phi) is 6.80. The van der Waals surface area contributed by atoms with Crippen LogP contribution >= 0.6 is 0 Å². The predicted molar refractivity (Wildman–Crippen MR) is 80.5 cm³/mol. The van der Waals surface area contributed by atoms with Gasteiger partial charge in [-0.15, -0.1) is 0 Å². The van der Waals surface area contributed by atoms with E-state index in [1.54, 1.807) is 43.1 Å². The van der Waals surface area contributed by atoms with Crippen molar-refractivity contribution in [2.24, 2.45) is 5.73 Å². The summed E-state index contributed by atoms with van der Waals surface area (Å²) < 4.78 is 29.2. The van der Waals surface area contributed by atoms with E-state index in [0.717, 1.165) is 5.56 Å². The lowest BCUT2D eigenvalue weighted by molar-refractivity contribution is -0.144. The zero-order valence-electron chi connectivity index (χ0n) is 12.4. The van der Waals surface area contributed by atoms with Crippen LogP contribution in [0, 0.1) is 0 Å². The smallest absolute Gasteiger partial charge is 0.320 e. The van der Waals surface area contributed by atoms with Crippen molar-refractivity contribution in [3.05, 3.63) is 29.8 Å². The SMILES string of the molecule is CCOC(=O)CN(C)CCS(=O)(=O)c1ccc(CN)cc1. The van der Waals surface area contributed by atoms with E-state index in [4.69, 9.17) is 10.5 Å². The Morgan fingerprint density at radius 3 is 2.43 bits per heavy atom. The highest BCUT2D eigenvalue weighted by Crippen LogP contribution is 2.12. The van der Waals surface area contributed by atoms with E-state index >= 15 is 0 Å². The van der Waals surface area contributed by atoms with Crippen molar-refractivity contribution in [1.29, 1.82) is 0 Å². The van der Waals surface area contributed by atoms with Crippen LogP contribution in [-0.2, 0) is 25.9 Å². The third kappa shape index (κ3) is 5.82. The molecular weight excluding hydrogens is 292 g/mol. The van der Waals surface area contributed by atoms with Crippen molar-refractivity contribution in [1.82, 2.24) is 4.90 Å². The molecule has 0 unspecified atom stereocenters. The summed E-state index contributed by atoms with van der Waals surface area (Å²) in [5.74, 6) is -0.407. The number of hydrogen-bond donors (Lipinski definition) is 1. The molecule has 0 radical (unpaired) electrons. The molecule has 118 valence electrons. The molecule has 0 saturated carbocycles. The van der Waals surface area contributed by atoms with Gasteiger partial charge in [0, 0.05) is 13.1 Å². The third-order valence-corrected chi connectivity index (χ3v) is 4.67. The summed E-state index contributed by atoms with van der Waals surface area (Å²) in [7, 11) is -1.68. The van der Waals surface area contributed by atoms with Gasteiger partial charge in [-0.05, 0) is 31.7 Å². The molecule has 1 aromatic rings. The minimum atomic E-state index is -3.36. The van der Waals surface area contributed by atoms with Gasteiger partial charge in [0.05, 0.1) is 23.8 Å². The third-order valence-electron chi connectivity index (χ3n) is 2.96. The van der Waals surface area contributed by atoms with E-state index in [-0.39, 0.29) is 29.7 Å². The Bertz CT molecular complexity index is 555. The van der Waals surface area contributed by atoms with Gasteiger partial charge in [-0.25, -0.2) is 8.42 Å². The molecule has 0 aliphatic rings. The summed E-state index contributed by atoms with van der Waals surface area (Å²) in [6, 6.07) is 6.52. The van der Waals surface area contributed by atoms with Crippen LogP contribution in [0.3, 0.4) is 0 Å². The Balaban J connectivity index is 2.57. The molecule has 2 N–H and O–H groups in total. The van der Waals surface area contributed by atoms with Crippen LogP contribution in [0.2, 0.25) is 0 Å². The zero-order chi connectivity index (χ0) is 15.9. The van der Waals surface area contributed by atoms with Crippen molar-refractivity contribution in [3.63, 3.8) is 0 Å². The zero-order valence-corrected chi connectivity index (χ0v) is 13.2. The molecule has 0 spiro atoms. The molecule has 0 bridgehead atoms. The second kappa shape index (κ2) is 8.11. The van der Waals surface area contributed by atoms with Gasteiger partial charge in [-0.1, -0.05) is 12.1 Å². The molecule has 1 aromatic carbocycles. The Morgan fingerprint density at radius 1 is 1.29 bits per heavy atom. The number of esters is 1. The van der Waals surface area contributed by atoms with Crippen LogP contribution < -0.4 is 5.73 Å². The normalized spacial score (nSPS) is 11.6. The Labute approximate surface area is 125 Å². The molecule has 0 aliphatic heterocycles. The summed E-state index contributed by atoms with van der Waals surface area (Å²) in [6.45, 7) is 2.77. The number of benzene rings is 1. The van der Waals surface area contributed by atoms with Gasteiger partial charge in [0.15, 0.2) is 9.84 Å². The Morgan fingerprint density at radius 2 is 1.90 bits per heavy atom. The number of nitrogens with two attached hydrogens (primary N) is 1. The van der Waals surface area contributed by atoms with Crippen LogP contribution in [0.4, 0.5) is 0 Å². The van der Waals surface area contributed by atoms with Gasteiger partial charge in [0.25, 0.3) is 0 Å². The van der Waals surface area contributed by atoms with Gasteiger partial charge in [-0.2, -0.15) is 0 Å². The number of rotatable bonds is 8. The second-order valence-electron chi connectivity index (χ2n) is 4.71. The van der Waals surface area contributed by atoms with E-state index in [1.165, 1.54) is 0 Å². The second-order valence-corrected chi connectivity index (χ2v) is 6.82. The molecule has 0 saturated heterocycles. The maximum atomic E-state index is 12.2. The van der Waals surface area contributed by atoms with Crippen LogP contribution in [0.15, 0.2) is 29.2 Å².